The van der Waals surface area contributed by atoms with Crippen molar-refractivity contribution in [3.63, 3.8) is 0 Å². The average molecular weight is 262 g/mol. The van der Waals surface area contributed by atoms with E-state index in [-0.39, 0.29) is 24.2 Å². The monoisotopic (exact) mass is 262 g/mol. The summed E-state index contributed by atoms with van der Waals surface area (Å²) in [4.78, 5) is 28.2. The number of benzene rings is 1. The van der Waals surface area contributed by atoms with Crippen LogP contribution in [-0.4, -0.2) is 23.4 Å². The third-order valence-electron chi connectivity index (χ3n) is 3.24. The second-order valence-corrected chi connectivity index (χ2v) is 4.69. The number of hydrogen-bond donors (Lipinski definition) is 1. The van der Waals surface area contributed by atoms with Gasteiger partial charge in [0.25, 0.3) is 0 Å². The molecule has 2 amide bonds. The maximum Gasteiger partial charge on any atom is 0.249 e. The topological polar surface area (TPSA) is 72.6 Å². The van der Waals surface area contributed by atoms with Crippen molar-refractivity contribution in [2.45, 2.75) is 25.9 Å². The van der Waals surface area contributed by atoms with E-state index in [2.05, 4.69) is 0 Å². The van der Waals surface area contributed by atoms with Crippen LogP contribution in [0.4, 0.5) is 0 Å². The minimum absolute atomic E-state index is 0.0443. The SMILES string of the molecule is NC(=O)CCC1CCN(OCc2ccccc2)C1=O. The first-order valence-electron chi connectivity index (χ1n) is 6.43. The molecule has 1 unspecified atom stereocenters. The molecule has 1 heterocycles. The summed E-state index contributed by atoms with van der Waals surface area (Å²) in [5.41, 5.74) is 6.11. The molecule has 1 atom stereocenters. The molecule has 1 saturated heterocycles. The zero-order valence-electron chi connectivity index (χ0n) is 10.7. The van der Waals surface area contributed by atoms with E-state index in [1.54, 1.807) is 0 Å². The van der Waals surface area contributed by atoms with Crippen molar-refractivity contribution in [3.8, 4) is 0 Å². The first kappa shape index (κ1) is 13.5. The number of carbonyl (C=O) groups is 2. The lowest BCUT2D eigenvalue weighted by atomic mass is 10.0. The Kier molecular flexibility index (Phi) is 4.52. The summed E-state index contributed by atoms with van der Waals surface area (Å²) in [7, 11) is 0. The van der Waals surface area contributed by atoms with Crippen LogP contribution >= 0.6 is 0 Å². The quantitative estimate of drug-likeness (QED) is 0.838. The van der Waals surface area contributed by atoms with E-state index in [1.165, 1.54) is 5.06 Å². The molecule has 0 aromatic heterocycles. The molecule has 0 spiro atoms. The molecule has 0 radical (unpaired) electrons. The Morgan fingerprint density at radius 3 is 2.79 bits per heavy atom. The molecular weight excluding hydrogens is 244 g/mol. The lowest BCUT2D eigenvalue weighted by Gasteiger charge is -2.16. The molecule has 19 heavy (non-hydrogen) atoms. The Morgan fingerprint density at radius 1 is 1.37 bits per heavy atom. The van der Waals surface area contributed by atoms with Crippen LogP contribution in [0, 0.1) is 5.92 Å². The highest BCUT2D eigenvalue weighted by molar-refractivity contribution is 5.81. The number of primary amides is 1. The minimum atomic E-state index is -0.364. The number of hydroxylamine groups is 2. The van der Waals surface area contributed by atoms with Crippen LogP contribution in [0.1, 0.15) is 24.8 Å². The van der Waals surface area contributed by atoms with Crippen molar-refractivity contribution >= 4 is 11.8 Å². The van der Waals surface area contributed by atoms with E-state index in [1.807, 2.05) is 30.3 Å². The average Bonchev–Trinajstić information content (AvgIpc) is 2.76. The van der Waals surface area contributed by atoms with E-state index in [0.717, 1.165) is 12.0 Å². The van der Waals surface area contributed by atoms with Gasteiger partial charge in [-0.25, -0.2) is 5.06 Å². The van der Waals surface area contributed by atoms with Crippen LogP contribution in [0.3, 0.4) is 0 Å². The Labute approximate surface area is 112 Å². The first-order chi connectivity index (χ1) is 9.16. The molecule has 5 heteroatoms. The first-order valence-corrected chi connectivity index (χ1v) is 6.43. The maximum absolute atomic E-state index is 12.0. The smallest absolute Gasteiger partial charge is 0.249 e. The molecule has 1 fully saturated rings. The summed E-state index contributed by atoms with van der Waals surface area (Å²) < 4.78 is 0. The number of amides is 2. The third kappa shape index (κ3) is 3.79. The van der Waals surface area contributed by atoms with Crippen molar-refractivity contribution in [1.82, 2.24) is 5.06 Å². The predicted molar refractivity (Wildman–Crippen MR) is 69.5 cm³/mol. The van der Waals surface area contributed by atoms with Gasteiger partial charge in [-0.3, -0.25) is 14.4 Å². The van der Waals surface area contributed by atoms with E-state index in [9.17, 15) is 9.59 Å². The third-order valence-corrected chi connectivity index (χ3v) is 3.24. The molecule has 0 aliphatic carbocycles. The van der Waals surface area contributed by atoms with E-state index in [4.69, 9.17) is 10.6 Å². The lowest BCUT2D eigenvalue weighted by Crippen LogP contribution is -2.28. The largest absolute Gasteiger partial charge is 0.370 e. The number of hydrogen-bond acceptors (Lipinski definition) is 3. The van der Waals surface area contributed by atoms with Crippen molar-refractivity contribution in [1.29, 1.82) is 0 Å². The summed E-state index contributed by atoms with van der Waals surface area (Å²) in [6.07, 6.45) is 1.49. The van der Waals surface area contributed by atoms with Gasteiger partial charge < -0.3 is 5.73 Å². The van der Waals surface area contributed by atoms with Crippen LogP contribution in [0.5, 0.6) is 0 Å². The lowest BCUT2D eigenvalue weighted by molar-refractivity contribution is -0.184. The highest BCUT2D eigenvalue weighted by Gasteiger charge is 2.32. The molecule has 1 aromatic rings. The summed E-state index contributed by atoms with van der Waals surface area (Å²) >= 11 is 0. The molecule has 0 saturated carbocycles. The molecule has 0 bridgehead atoms. The predicted octanol–water partition coefficient (Wildman–Crippen LogP) is 1.23. The van der Waals surface area contributed by atoms with Crippen LogP contribution in [0.25, 0.3) is 0 Å². The fraction of sp³-hybridized carbons (Fsp3) is 0.429. The van der Waals surface area contributed by atoms with Gasteiger partial charge in [-0.1, -0.05) is 30.3 Å². The Morgan fingerprint density at radius 2 is 2.11 bits per heavy atom. The van der Waals surface area contributed by atoms with Crippen molar-refractivity contribution in [3.05, 3.63) is 35.9 Å². The number of rotatable bonds is 6. The van der Waals surface area contributed by atoms with Gasteiger partial charge in [-0.2, -0.15) is 0 Å². The van der Waals surface area contributed by atoms with Crippen molar-refractivity contribution < 1.29 is 14.4 Å². The zero-order valence-corrected chi connectivity index (χ0v) is 10.7. The number of nitrogens with zero attached hydrogens (tertiary/aromatic N) is 1. The Balaban J connectivity index is 1.80. The van der Waals surface area contributed by atoms with Crippen molar-refractivity contribution in [2.75, 3.05) is 6.54 Å². The van der Waals surface area contributed by atoms with Crippen LogP contribution in [0.2, 0.25) is 0 Å². The summed E-state index contributed by atoms with van der Waals surface area (Å²) in [6, 6.07) is 9.70. The molecule has 2 rings (SSSR count). The second-order valence-electron chi connectivity index (χ2n) is 4.69. The van der Waals surface area contributed by atoms with Gasteiger partial charge in [0.2, 0.25) is 11.8 Å². The van der Waals surface area contributed by atoms with Crippen molar-refractivity contribution in [2.24, 2.45) is 11.7 Å². The number of carbonyl (C=O) groups excluding carboxylic acids is 2. The molecular formula is C14H18N2O3. The van der Waals surface area contributed by atoms with Gasteiger partial charge in [0, 0.05) is 18.9 Å². The molecule has 102 valence electrons. The summed E-state index contributed by atoms with van der Waals surface area (Å²) in [6.45, 7) is 0.963. The zero-order chi connectivity index (χ0) is 13.7. The standard InChI is InChI=1S/C14H18N2O3/c15-13(17)7-6-12-8-9-16(14(12)18)19-10-11-4-2-1-3-5-11/h1-5,12H,6-10H2,(H2,15,17). The van der Waals surface area contributed by atoms with Gasteiger partial charge in [-0.05, 0) is 18.4 Å². The minimum Gasteiger partial charge on any atom is -0.370 e. The van der Waals surface area contributed by atoms with E-state index >= 15 is 0 Å². The summed E-state index contributed by atoms with van der Waals surface area (Å²) in [5, 5.41) is 1.40. The van der Waals surface area contributed by atoms with Gasteiger partial charge in [-0.15, -0.1) is 0 Å². The highest BCUT2D eigenvalue weighted by atomic mass is 16.7. The molecule has 1 aromatic carbocycles. The van der Waals surface area contributed by atoms with Gasteiger partial charge in [0.15, 0.2) is 0 Å². The summed E-state index contributed by atoms with van der Waals surface area (Å²) in [5.74, 6) is -0.545. The maximum atomic E-state index is 12.0. The molecule has 2 N–H and O–H groups in total. The fourth-order valence-corrected chi connectivity index (χ4v) is 2.15. The van der Waals surface area contributed by atoms with Crippen LogP contribution in [-0.2, 0) is 21.0 Å². The van der Waals surface area contributed by atoms with Crippen LogP contribution < -0.4 is 5.73 Å². The highest BCUT2D eigenvalue weighted by Crippen LogP contribution is 2.23. The van der Waals surface area contributed by atoms with Gasteiger partial charge in [0.05, 0.1) is 0 Å². The molecule has 5 nitrogen and oxygen atoms in total. The van der Waals surface area contributed by atoms with E-state index < -0.39 is 0 Å². The van der Waals surface area contributed by atoms with Crippen LogP contribution in [0.15, 0.2) is 30.3 Å². The molecule has 1 aliphatic rings. The number of nitrogens with two attached hydrogens (primary N) is 1. The fourth-order valence-electron chi connectivity index (χ4n) is 2.15. The molecule has 1 aliphatic heterocycles. The van der Waals surface area contributed by atoms with Gasteiger partial charge >= 0.3 is 0 Å². The van der Waals surface area contributed by atoms with Gasteiger partial charge in [0.1, 0.15) is 6.61 Å². The Hall–Kier alpha value is -1.88. The van der Waals surface area contributed by atoms with E-state index in [0.29, 0.717) is 19.6 Å². The Bertz CT molecular complexity index is 447. The normalized spacial score (nSPS) is 18.8. The second kappa shape index (κ2) is 6.33.